The van der Waals surface area contributed by atoms with Crippen molar-refractivity contribution in [3.63, 3.8) is 0 Å². The van der Waals surface area contributed by atoms with E-state index >= 15 is 0 Å². The Balaban J connectivity index is 1.36. The Bertz CT molecular complexity index is 720. The molecule has 0 radical (unpaired) electrons. The fourth-order valence-corrected chi connectivity index (χ4v) is 4.27. The highest BCUT2D eigenvalue weighted by atomic mass is 32.2. The molecule has 2 aromatic rings. The van der Waals surface area contributed by atoms with Gasteiger partial charge < -0.3 is 15.4 Å². The third kappa shape index (κ3) is 4.61. The number of fused-ring (bicyclic) bond motifs is 1. The topological polar surface area (TPSA) is 76.1 Å². The van der Waals surface area contributed by atoms with E-state index in [4.69, 9.17) is 4.74 Å². The Kier molecular flexibility index (Phi) is 5.57. The summed E-state index contributed by atoms with van der Waals surface area (Å²) < 4.78 is 6.64. The van der Waals surface area contributed by atoms with Crippen LogP contribution in [0.3, 0.4) is 0 Å². The van der Waals surface area contributed by atoms with Gasteiger partial charge in [0.2, 0.25) is 0 Å². The zero-order valence-corrected chi connectivity index (χ0v) is 15.3. The van der Waals surface area contributed by atoms with Crippen molar-refractivity contribution < 1.29 is 9.53 Å². The molecule has 1 aliphatic heterocycles. The van der Waals surface area contributed by atoms with Crippen molar-refractivity contribution in [3.05, 3.63) is 28.8 Å². The summed E-state index contributed by atoms with van der Waals surface area (Å²) in [6.45, 7) is 4.61. The number of anilines is 1. The number of carbonyl (C=O) groups is 1. The number of benzene rings is 1. The van der Waals surface area contributed by atoms with Gasteiger partial charge in [0.15, 0.2) is 4.34 Å². The van der Waals surface area contributed by atoms with Gasteiger partial charge in [-0.3, -0.25) is 0 Å². The maximum absolute atomic E-state index is 11.9. The van der Waals surface area contributed by atoms with Crippen LogP contribution in [0.4, 0.5) is 10.5 Å². The van der Waals surface area contributed by atoms with Gasteiger partial charge in [-0.2, -0.15) is 0 Å². The van der Waals surface area contributed by atoms with Crippen LogP contribution in [-0.2, 0) is 6.42 Å². The summed E-state index contributed by atoms with van der Waals surface area (Å²) >= 11 is 3.26. The van der Waals surface area contributed by atoms with Crippen LogP contribution in [0.5, 0.6) is 5.75 Å². The zero-order valence-electron chi connectivity index (χ0n) is 13.7. The molecule has 1 aromatic heterocycles. The lowest BCUT2D eigenvalue weighted by Crippen LogP contribution is -2.29. The second kappa shape index (κ2) is 7.85. The number of nitrogens with zero attached hydrogens (tertiary/aromatic N) is 2. The molecule has 3 rings (SSSR count). The Hall–Kier alpha value is -1.80. The van der Waals surface area contributed by atoms with Gasteiger partial charge in [0.1, 0.15) is 16.9 Å². The highest BCUT2D eigenvalue weighted by Crippen LogP contribution is 2.30. The molecule has 0 bridgehead atoms. The molecule has 6 nitrogen and oxygen atoms in total. The fourth-order valence-electron chi connectivity index (χ4n) is 2.45. The first-order valence-corrected chi connectivity index (χ1v) is 9.68. The van der Waals surface area contributed by atoms with E-state index in [2.05, 4.69) is 20.8 Å². The number of aromatic nitrogens is 2. The number of ether oxygens (including phenoxy) is 1. The van der Waals surface area contributed by atoms with Gasteiger partial charge in [0.25, 0.3) is 0 Å². The Morgan fingerprint density at radius 1 is 1.46 bits per heavy atom. The average Bonchev–Trinajstić information content (AvgIpc) is 3.11. The summed E-state index contributed by atoms with van der Waals surface area (Å²) in [5.41, 5.74) is 1.94. The molecule has 0 fully saturated rings. The lowest BCUT2D eigenvalue weighted by atomic mass is 10.1. The normalized spacial score (nSPS) is 15.7. The predicted octanol–water partition coefficient (Wildman–Crippen LogP) is 3.47. The number of urea groups is 1. The summed E-state index contributed by atoms with van der Waals surface area (Å²) in [6.07, 6.45) is 1.97. The van der Waals surface area contributed by atoms with E-state index in [1.54, 1.807) is 23.1 Å². The Labute approximate surface area is 149 Å². The van der Waals surface area contributed by atoms with Crippen LogP contribution in [0.15, 0.2) is 22.5 Å². The van der Waals surface area contributed by atoms with E-state index in [9.17, 15) is 4.79 Å². The van der Waals surface area contributed by atoms with Crippen LogP contribution >= 0.6 is 23.1 Å². The number of amides is 2. The second-order valence-corrected chi connectivity index (χ2v) is 8.15. The van der Waals surface area contributed by atoms with E-state index in [0.717, 1.165) is 44.9 Å². The number of aryl methyl sites for hydroxylation is 1. The van der Waals surface area contributed by atoms with Crippen molar-refractivity contribution in [1.82, 2.24) is 15.5 Å². The lowest BCUT2D eigenvalue weighted by Gasteiger charge is -2.08. The van der Waals surface area contributed by atoms with Crippen LogP contribution in [0.25, 0.3) is 0 Å². The third-order valence-electron chi connectivity index (χ3n) is 3.49. The van der Waals surface area contributed by atoms with Gasteiger partial charge in [-0.1, -0.05) is 23.1 Å². The van der Waals surface area contributed by atoms with E-state index in [1.807, 2.05) is 32.0 Å². The molecule has 128 valence electrons. The molecule has 1 aromatic carbocycles. The first kappa shape index (κ1) is 17.0. The Morgan fingerprint density at radius 2 is 2.33 bits per heavy atom. The molecule has 0 unspecified atom stereocenters. The summed E-state index contributed by atoms with van der Waals surface area (Å²) in [4.78, 5) is 11.9. The highest BCUT2D eigenvalue weighted by Gasteiger charge is 2.19. The first-order chi connectivity index (χ1) is 11.6. The van der Waals surface area contributed by atoms with Crippen molar-refractivity contribution in [2.45, 2.75) is 37.1 Å². The van der Waals surface area contributed by atoms with E-state index < -0.39 is 0 Å². The first-order valence-electron chi connectivity index (χ1n) is 7.87. The van der Waals surface area contributed by atoms with Gasteiger partial charge in [-0.25, -0.2) is 4.79 Å². The molecular weight excluding hydrogens is 344 g/mol. The molecular formula is C16H20N4O2S2. The fraction of sp³-hybridized carbons (Fsp3) is 0.438. The molecule has 0 aliphatic carbocycles. The van der Waals surface area contributed by atoms with Crippen molar-refractivity contribution in [3.8, 4) is 5.75 Å². The summed E-state index contributed by atoms with van der Waals surface area (Å²) in [7, 11) is 0. The second-order valence-electron chi connectivity index (χ2n) is 5.62. The van der Waals surface area contributed by atoms with Crippen LogP contribution in [0, 0.1) is 6.92 Å². The third-order valence-corrected chi connectivity index (χ3v) is 5.55. The van der Waals surface area contributed by atoms with Crippen LogP contribution in [-0.4, -0.2) is 34.6 Å². The van der Waals surface area contributed by atoms with Crippen LogP contribution in [0.2, 0.25) is 0 Å². The van der Waals surface area contributed by atoms with Gasteiger partial charge >= 0.3 is 6.03 Å². The van der Waals surface area contributed by atoms with Crippen molar-refractivity contribution in [1.29, 1.82) is 0 Å². The minimum atomic E-state index is -0.182. The van der Waals surface area contributed by atoms with Gasteiger partial charge in [0, 0.05) is 24.4 Å². The van der Waals surface area contributed by atoms with Crippen molar-refractivity contribution in [2.24, 2.45) is 0 Å². The minimum absolute atomic E-state index is 0.182. The molecule has 1 atom stereocenters. The van der Waals surface area contributed by atoms with Crippen molar-refractivity contribution in [2.75, 3.05) is 17.6 Å². The number of hydrogen-bond donors (Lipinski definition) is 2. The summed E-state index contributed by atoms with van der Waals surface area (Å²) in [5, 5.41) is 14.8. The van der Waals surface area contributed by atoms with Crippen LogP contribution < -0.4 is 15.4 Å². The molecule has 2 heterocycles. The number of thioether (sulfide) groups is 1. The molecule has 0 spiro atoms. The van der Waals surface area contributed by atoms with Gasteiger partial charge in [0.05, 0.1) is 0 Å². The predicted molar refractivity (Wildman–Crippen MR) is 97.2 cm³/mol. The maximum atomic E-state index is 11.9. The summed E-state index contributed by atoms with van der Waals surface area (Å²) in [6, 6.07) is 5.57. The zero-order chi connectivity index (χ0) is 16.9. The SMILES string of the molecule is Cc1nnc(SCCCNC(=O)Nc2ccc3c(c2)C[C@H](C)O3)s1. The van der Waals surface area contributed by atoms with E-state index in [0.29, 0.717) is 6.54 Å². The van der Waals surface area contributed by atoms with Gasteiger partial charge in [-0.05, 0) is 44.0 Å². The lowest BCUT2D eigenvalue weighted by molar-refractivity contribution is 0.252. The molecule has 8 heteroatoms. The number of rotatable bonds is 6. The monoisotopic (exact) mass is 364 g/mol. The molecule has 2 amide bonds. The number of carbonyl (C=O) groups excluding carboxylic acids is 1. The maximum Gasteiger partial charge on any atom is 0.319 e. The van der Waals surface area contributed by atoms with E-state index in [-0.39, 0.29) is 12.1 Å². The highest BCUT2D eigenvalue weighted by molar-refractivity contribution is 8.01. The molecule has 24 heavy (non-hydrogen) atoms. The largest absolute Gasteiger partial charge is 0.490 e. The quantitative estimate of drug-likeness (QED) is 0.606. The van der Waals surface area contributed by atoms with Gasteiger partial charge in [-0.15, -0.1) is 10.2 Å². The number of nitrogens with one attached hydrogen (secondary N) is 2. The van der Waals surface area contributed by atoms with Crippen LogP contribution in [0.1, 0.15) is 23.9 Å². The molecule has 2 N–H and O–H groups in total. The molecule has 0 saturated heterocycles. The smallest absolute Gasteiger partial charge is 0.319 e. The molecule has 1 aliphatic rings. The number of hydrogen-bond acceptors (Lipinski definition) is 6. The molecule has 0 saturated carbocycles. The average molecular weight is 364 g/mol. The standard InChI is InChI=1S/C16H20N4O2S2/c1-10-8-12-9-13(4-5-14(12)22-10)18-15(21)17-6-3-7-23-16-20-19-11(2)24-16/h4-5,9-10H,3,6-8H2,1-2H3,(H2,17,18,21)/t10-/m0/s1. The Morgan fingerprint density at radius 3 is 3.12 bits per heavy atom. The van der Waals surface area contributed by atoms with Crippen molar-refractivity contribution >= 4 is 34.8 Å². The minimum Gasteiger partial charge on any atom is -0.490 e. The van der Waals surface area contributed by atoms with E-state index in [1.165, 1.54) is 0 Å². The summed E-state index contributed by atoms with van der Waals surface area (Å²) in [5.74, 6) is 1.82.